The molecule has 4 nitrogen and oxygen atoms in total. The molecular formula is C19H21N3O. The molecule has 0 bridgehead atoms. The van der Waals surface area contributed by atoms with Crippen molar-refractivity contribution in [3.63, 3.8) is 0 Å². The molecule has 2 N–H and O–H groups in total. The van der Waals surface area contributed by atoms with Crippen LogP contribution in [0.2, 0.25) is 0 Å². The summed E-state index contributed by atoms with van der Waals surface area (Å²) in [4.78, 5) is 4.73. The van der Waals surface area contributed by atoms with Crippen LogP contribution in [0.15, 0.2) is 48.5 Å². The monoisotopic (exact) mass is 307 g/mol. The fraction of sp³-hybridized carbons (Fsp3) is 0.316. The van der Waals surface area contributed by atoms with Crippen LogP contribution in [0, 0.1) is 0 Å². The molecule has 1 aromatic heterocycles. The van der Waals surface area contributed by atoms with Gasteiger partial charge in [-0.2, -0.15) is 0 Å². The summed E-state index contributed by atoms with van der Waals surface area (Å²) in [6.45, 7) is 1.97. The first-order chi connectivity index (χ1) is 11.3. The first kappa shape index (κ1) is 14.3. The highest BCUT2D eigenvalue weighted by Gasteiger charge is 2.19. The maximum absolute atomic E-state index is 10.2. The predicted octanol–water partition coefficient (Wildman–Crippen LogP) is 3.55. The van der Waals surface area contributed by atoms with Gasteiger partial charge in [-0.15, -0.1) is 0 Å². The molecule has 0 aliphatic carbocycles. The minimum absolute atomic E-state index is 0.245. The number of phenols is 1. The predicted molar refractivity (Wildman–Crippen MR) is 92.5 cm³/mol. The average Bonchev–Trinajstić information content (AvgIpc) is 2.97. The van der Waals surface area contributed by atoms with Crippen LogP contribution in [0.3, 0.4) is 0 Å². The Morgan fingerprint density at radius 1 is 1.09 bits per heavy atom. The van der Waals surface area contributed by atoms with Crippen LogP contribution >= 0.6 is 0 Å². The Hall–Kier alpha value is -2.33. The van der Waals surface area contributed by atoms with E-state index in [1.807, 2.05) is 30.3 Å². The number of hydrogen-bond acceptors (Lipinski definition) is 3. The number of aromatic nitrogens is 2. The fourth-order valence-corrected chi connectivity index (χ4v) is 3.42. The van der Waals surface area contributed by atoms with E-state index in [1.165, 1.54) is 19.3 Å². The molecule has 1 fully saturated rings. The van der Waals surface area contributed by atoms with Crippen LogP contribution < -0.4 is 5.32 Å². The van der Waals surface area contributed by atoms with Crippen LogP contribution in [0.25, 0.3) is 22.4 Å². The molecule has 23 heavy (non-hydrogen) atoms. The maximum Gasteiger partial charge on any atom is 0.143 e. The van der Waals surface area contributed by atoms with Crippen LogP contribution in [0.1, 0.15) is 19.3 Å². The van der Waals surface area contributed by atoms with E-state index in [1.54, 1.807) is 6.07 Å². The molecule has 0 radical (unpaired) electrons. The minimum Gasteiger partial charge on any atom is -0.506 e. The van der Waals surface area contributed by atoms with Crippen molar-refractivity contribution in [2.75, 3.05) is 6.54 Å². The lowest BCUT2D eigenvalue weighted by atomic mass is 10.0. The Kier molecular flexibility index (Phi) is 3.75. The normalized spacial score (nSPS) is 18.3. The summed E-state index contributed by atoms with van der Waals surface area (Å²) in [5.41, 5.74) is 2.76. The molecule has 0 amide bonds. The maximum atomic E-state index is 10.2. The molecule has 4 heteroatoms. The number of imidazole rings is 1. The van der Waals surface area contributed by atoms with Gasteiger partial charge < -0.3 is 15.0 Å². The average molecular weight is 307 g/mol. The summed E-state index contributed by atoms with van der Waals surface area (Å²) in [6.07, 6.45) is 3.72. The van der Waals surface area contributed by atoms with Crippen LogP contribution in [0.4, 0.5) is 0 Å². The van der Waals surface area contributed by atoms with Gasteiger partial charge in [0.2, 0.25) is 0 Å². The van der Waals surface area contributed by atoms with Gasteiger partial charge >= 0.3 is 0 Å². The van der Waals surface area contributed by atoms with E-state index in [2.05, 4.69) is 22.0 Å². The molecule has 2 heterocycles. The van der Waals surface area contributed by atoms with Gasteiger partial charge in [0, 0.05) is 18.2 Å². The molecular weight excluding hydrogens is 286 g/mol. The highest BCUT2D eigenvalue weighted by molar-refractivity contribution is 5.85. The number of nitrogens with one attached hydrogen (secondary N) is 1. The number of benzene rings is 2. The number of piperidine rings is 1. The quantitative estimate of drug-likeness (QED) is 0.778. The molecule has 4 rings (SSSR count). The molecule has 2 aromatic carbocycles. The molecule has 1 aliphatic rings. The Bertz CT molecular complexity index is 804. The van der Waals surface area contributed by atoms with E-state index in [9.17, 15) is 5.11 Å². The standard InChI is InChI=1S/C19H21N3O/c23-17-11-6-10-16-18(17)21-19(14-7-2-1-3-8-14)22(16)13-15-9-4-5-12-20-15/h1-3,6-8,10-11,15,20,23H,4-5,9,12-13H2. The van der Waals surface area contributed by atoms with Crippen molar-refractivity contribution >= 4 is 11.0 Å². The largest absolute Gasteiger partial charge is 0.506 e. The van der Waals surface area contributed by atoms with Gasteiger partial charge in [0.05, 0.1) is 5.52 Å². The van der Waals surface area contributed by atoms with Gasteiger partial charge in [0.15, 0.2) is 0 Å². The Balaban J connectivity index is 1.83. The summed E-state index contributed by atoms with van der Waals surface area (Å²) in [5, 5.41) is 13.8. The second kappa shape index (κ2) is 6.05. The highest BCUT2D eigenvalue weighted by Crippen LogP contribution is 2.30. The van der Waals surface area contributed by atoms with Crippen molar-refractivity contribution < 1.29 is 5.11 Å². The number of nitrogens with zero attached hydrogens (tertiary/aromatic N) is 2. The second-order valence-corrected chi connectivity index (χ2v) is 6.20. The van der Waals surface area contributed by atoms with E-state index < -0.39 is 0 Å². The number of rotatable bonds is 3. The smallest absolute Gasteiger partial charge is 0.143 e. The highest BCUT2D eigenvalue weighted by atomic mass is 16.3. The van der Waals surface area contributed by atoms with E-state index in [0.29, 0.717) is 11.6 Å². The van der Waals surface area contributed by atoms with E-state index in [0.717, 1.165) is 30.0 Å². The van der Waals surface area contributed by atoms with Crippen molar-refractivity contribution in [1.82, 2.24) is 14.9 Å². The molecule has 1 saturated heterocycles. The zero-order valence-corrected chi connectivity index (χ0v) is 13.1. The minimum atomic E-state index is 0.245. The van der Waals surface area contributed by atoms with E-state index >= 15 is 0 Å². The Labute approximate surface area is 135 Å². The van der Waals surface area contributed by atoms with Gasteiger partial charge in [0.25, 0.3) is 0 Å². The summed E-state index contributed by atoms with van der Waals surface area (Å²) < 4.78 is 2.24. The summed E-state index contributed by atoms with van der Waals surface area (Å²) in [5.74, 6) is 1.17. The zero-order chi connectivity index (χ0) is 15.6. The lowest BCUT2D eigenvalue weighted by Crippen LogP contribution is -2.37. The van der Waals surface area contributed by atoms with Crippen molar-refractivity contribution in [1.29, 1.82) is 0 Å². The SMILES string of the molecule is Oc1cccc2c1nc(-c1ccccc1)n2CC1CCCCN1. The van der Waals surface area contributed by atoms with Gasteiger partial charge in [0.1, 0.15) is 17.1 Å². The van der Waals surface area contributed by atoms with E-state index in [4.69, 9.17) is 4.98 Å². The van der Waals surface area contributed by atoms with Crippen LogP contribution in [-0.4, -0.2) is 27.2 Å². The lowest BCUT2D eigenvalue weighted by Gasteiger charge is -2.25. The molecule has 0 saturated carbocycles. The van der Waals surface area contributed by atoms with Crippen LogP contribution in [-0.2, 0) is 6.54 Å². The number of phenolic OH excluding ortho intramolecular Hbond substituents is 1. The second-order valence-electron chi connectivity index (χ2n) is 6.20. The number of fused-ring (bicyclic) bond motifs is 1. The van der Waals surface area contributed by atoms with Gasteiger partial charge in [-0.1, -0.05) is 42.8 Å². The third-order valence-electron chi connectivity index (χ3n) is 4.60. The third kappa shape index (κ3) is 2.70. The number of hydrogen-bond donors (Lipinski definition) is 2. The fourth-order valence-electron chi connectivity index (χ4n) is 3.42. The molecule has 118 valence electrons. The number of para-hydroxylation sites is 1. The topological polar surface area (TPSA) is 50.1 Å². The van der Waals surface area contributed by atoms with Crippen molar-refractivity contribution in [3.8, 4) is 17.1 Å². The first-order valence-electron chi connectivity index (χ1n) is 8.30. The van der Waals surface area contributed by atoms with Gasteiger partial charge in [-0.05, 0) is 31.5 Å². The molecule has 1 unspecified atom stereocenters. The zero-order valence-electron chi connectivity index (χ0n) is 13.1. The van der Waals surface area contributed by atoms with Crippen LogP contribution in [0.5, 0.6) is 5.75 Å². The molecule has 1 aliphatic heterocycles. The Morgan fingerprint density at radius 3 is 2.74 bits per heavy atom. The molecule has 0 spiro atoms. The molecule has 1 atom stereocenters. The van der Waals surface area contributed by atoms with Gasteiger partial charge in [-0.25, -0.2) is 4.98 Å². The van der Waals surface area contributed by atoms with E-state index in [-0.39, 0.29) is 5.75 Å². The lowest BCUT2D eigenvalue weighted by molar-refractivity contribution is 0.367. The summed E-state index contributed by atoms with van der Waals surface area (Å²) in [6, 6.07) is 16.3. The molecule has 3 aromatic rings. The third-order valence-corrected chi connectivity index (χ3v) is 4.60. The Morgan fingerprint density at radius 2 is 1.96 bits per heavy atom. The number of aromatic hydroxyl groups is 1. The summed E-state index contributed by atoms with van der Waals surface area (Å²) >= 11 is 0. The summed E-state index contributed by atoms with van der Waals surface area (Å²) in [7, 11) is 0. The van der Waals surface area contributed by atoms with Gasteiger partial charge in [-0.3, -0.25) is 0 Å². The first-order valence-corrected chi connectivity index (χ1v) is 8.30. The van der Waals surface area contributed by atoms with Crippen molar-refractivity contribution in [2.24, 2.45) is 0 Å². The van der Waals surface area contributed by atoms with Crippen molar-refractivity contribution in [3.05, 3.63) is 48.5 Å². The van der Waals surface area contributed by atoms with Crippen molar-refractivity contribution in [2.45, 2.75) is 31.8 Å².